The molecule has 220 valence electrons. The third-order valence-corrected chi connectivity index (χ3v) is 6.82. The van der Waals surface area contributed by atoms with Crippen LogP contribution in [-0.4, -0.2) is 47.6 Å². The largest absolute Gasteiger partial charge is 0.497 e. The predicted molar refractivity (Wildman–Crippen MR) is 159 cm³/mol. The molecule has 0 radical (unpaired) electrons. The lowest BCUT2D eigenvalue weighted by Gasteiger charge is -2.39. The molecule has 0 aromatic heterocycles. The number of rotatable bonds is 11. The lowest BCUT2D eigenvalue weighted by Crippen LogP contribution is -2.54. The molecule has 2 aromatic carbocycles. The highest BCUT2D eigenvalue weighted by Crippen LogP contribution is 2.32. The molecule has 0 saturated carbocycles. The number of aryl methyl sites for hydroxylation is 1. The predicted octanol–water partition coefficient (Wildman–Crippen LogP) is 6.56. The summed E-state index contributed by atoms with van der Waals surface area (Å²) >= 11 is 0. The van der Waals surface area contributed by atoms with Crippen LogP contribution >= 0.6 is 0 Å². The minimum Gasteiger partial charge on any atom is -0.497 e. The highest BCUT2D eigenvalue weighted by molar-refractivity contribution is 5.99. The molecule has 0 spiro atoms. The van der Waals surface area contributed by atoms with Crippen LogP contribution in [0.3, 0.4) is 0 Å². The van der Waals surface area contributed by atoms with Crippen molar-refractivity contribution in [3.8, 4) is 5.75 Å². The Hall–Kier alpha value is -3.55. The van der Waals surface area contributed by atoms with E-state index in [4.69, 9.17) is 9.47 Å². The third kappa shape index (κ3) is 9.28. The summed E-state index contributed by atoms with van der Waals surface area (Å²) in [5.41, 5.74) is 2.56. The first-order valence-corrected chi connectivity index (χ1v) is 14.0. The fourth-order valence-electron chi connectivity index (χ4n) is 4.45. The van der Waals surface area contributed by atoms with E-state index in [0.717, 1.165) is 23.1 Å². The molecule has 3 amide bonds. The van der Waals surface area contributed by atoms with Crippen molar-refractivity contribution in [2.24, 2.45) is 5.92 Å². The van der Waals surface area contributed by atoms with E-state index in [1.807, 2.05) is 39.0 Å². The van der Waals surface area contributed by atoms with Gasteiger partial charge in [0, 0.05) is 11.7 Å². The molecule has 0 saturated heterocycles. The molecule has 0 aliphatic carbocycles. The zero-order valence-electron chi connectivity index (χ0n) is 25.8. The van der Waals surface area contributed by atoms with Gasteiger partial charge in [-0.1, -0.05) is 32.0 Å². The number of hydrogen-bond donors (Lipinski definition) is 2. The van der Waals surface area contributed by atoms with Gasteiger partial charge in [0.15, 0.2) is 0 Å². The smallest absolute Gasteiger partial charge is 0.408 e. The van der Waals surface area contributed by atoms with E-state index in [2.05, 4.69) is 24.5 Å². The number of ether oxygens (including phenoxy) is 2. The molecule has 0 aliphatic heterocycles. The van der Waals surface area contributed by atoms with E-state index in [1.54, 1.807) is 64.0 Å². The Bertz CT molecular complexity index is 1150. The fourth-order valence-corrected chi connectivity index (χ4v) is 4.45. The molecule has 2 rings (SSSR count). The molecule has 8 heteroatoms. The minimum absolute atomic E-state index is 0.288. The maximum Gasteiger partial charge on any atom is 0.408 e. The second-order valence-corrected chi connectivity index (χ2v) is 11.8. The third-order valence-electron chi connectivity index (χ3n) is 6.82. The van der Waals surface area contributed by atoms with Crippen LogP contribution in [0.2, 0.25) is 0 Å². The summed E-state index contributed by atoms with van der Waals surface area (Å²) in [4.78, 5) is 42.4. The topological polar surface area (TPSA) is 97.0 Å². The average molecular weight is 554 g/mol. The number of hydrogen-bond acceptors (Lipinski definition) is 5. The van der Waals surface area contributed by atoms with Crippen molar-refractivity contribution in [3.05, 3.63) is 59.2 Å². The zero-order chi connectivity index (χ0) is 30.2. The van der Waals surface area contributed by atoms with Gasteiger partial charge in [-0.2, -0.15) is 0 Å². The first-order valence-electron chi connectivity index (χ1n) is 14.0. The Morgan fingerprint density at radius 2 is 1.55 bits per heavy atom. The fraction of sp³-hybridized carbons (Fsp3) is 0.531. The molecule has 3 unspecified atom stereocenters. The number of anilines is 1. The monoisotopic (exact) mass is 553 g/mol. The van der Waals surface area contributed by atoms with Gasteiger partial charge in [0.2, 0.25) is 5.91 Å². The van der Waals surface area contributed by atoms with Crippen molar-refractivity contribution < 1.29 is 23.9 Å². The highest BCUT2D eigenvalue weighted by Gasteiger charge is 2.38. The Morgan fingerprint density at radius 1 is 0.925 bits per heavy atom. The van der Waals surface area contributed by atoms with E-state index < -0.39 is 23.8 Å². The molecule has 0 bridgehead atoms. The lowest BCUT2D eigenvalue weighted by molar-refractivity contribution is -0.143. The van der Waals surface area contributed by atoms with Crippen LogP contribution in [0.1, 0.15) is 84.0 Å². The molecule has 0 aliphatic rings. The summed E-state index contributed by atoms with van der Waals surface area (Å²) in [6.07, 6.45) is 0.882. The summed E-state index contributed by atoms with van der Waals surface area (Å²) in [7, 11) is 1.58. The SMILES string of the molecule is COc1ccc(NC(=O)C(c2cccc(C)c2C)N(C(=O)C(C)NC(=O)OC(C)(C)C)C(C)CCC(C)C)cc1. The Morgan fingerprint density at radius 3 is 2.10 bits per heavy atom. The van der Waals surface area contributed by atoms with Gasteiger partial charge in [0.05, 0.1) is 7.11 Å². The summed E-state index contributed by atoms with van der Waals surface area (Å²) < 4.78 is 10.6. The van der Waals surface area contributed by atoms with E-state index in [1.165, 1.54) is 0 Å². The first-order chi connectivity index (χ1) is 18.6. The molecule has 2 N–H and O–H groups in total. The highest BCUT2D eigenvalue weighted by atomic mass is 16.6. The van der Waals surface area contributed by atoms with E-state index >= 15 is 0 Å². The lowest BCUT2D eigenvalue weighted by atomic mass is 9.93. The molecule has 40 heavy (non-hydrogen) atoms. The van der Waals surface area contributed by atoms with E-state index in [-0.39, 0.29) is 17.9 Å². The Labute approximate surface area is 239 Å². The van der Waals surface area contributed by atoms with Crippen LogP contribution in [0.15, 0.2) is 42.5 Å². The van der Waals surface area contributed by atoms with Crippen molar-refractivity contribution in [1.29, 1.82) is 0 Å². The average Bonchev–Trinajstić information content (AvgIpc) is 2.86. The number of benzene rings is 2. The van der Waals surface area contributed by atoms with Crippen LogP contribution < -0.4 is 15.4 Å². The van der Waals surface area contributed by atoms with Crippen molar-refractivity contribution in [2.45, 2.75) is 98.9 Å². The number of carbonyl (C=O) groups excluding carboxylic acids is 3. The Balaban J connectivity index is 2.57. The maximum atomic E-state index is 14.1. The van der Waals surface area contributed by atoms with E-state index in [9.17, 15) is 14.4 Å². The van der Waals surface area contributed by atoms with Crippen molar-refractivity contribution in [1.82, 2.24) is 10.2 Å². The van der Waals surface area contributed by atoms with E-state index in [0.29, 0.717) is 23.8 Å². The molecular formula is C32H47N3O5. The van der Waals surface area contributed by atoms with Gasteiger partial charge in [-0.15, -0.1) is 0 Å². The van der Waals surface area contributed by atoms with Gasteiger partial charge in [-0.05, 0) is 108 Å². The summed E-state index contributed by atoms with van der Waals surface area (Å²) in [6, 6.07) is 10.7. The van der Waals surface area contributed by atoms with Crippen molar-refractivity contribution in [2.75, 3.05) is 12.4 Å². The number of methoxy groups -OCH3 is 1. The van der Waals surface area contributed by atoms with Crippen molar-refractivity contribution in [3.63, 3.8) is 0 Å². The molecule has 3 atom stereocenters. The molecule has 0 heterocycles. The van der Waals surface area contributed by atoms with Gasteiger partial charge in [0.1, 0.15) is 23.4 Å². The van der Waals surface area contributed by atoms with Crippen LogP contribution in [0, 0.1) is 19.8 Å². The number of alkyl carbamates (subject to hydrolysis) is 1. The van der Waals surface area contributed by atoms with Gasteiger partial charge in [-0.3, -0.25) is 9.59 Å². The second-order valence-electron chi connectivity index (χ2n) is 11.8. The summed E-state index contributed by atoms with van der Waals surface area (Å²) in [5, 5.41) is 5.68. The zero-order valence-corrected chi connectivity index (χ0v) is 25.8. The second kappa shape index (κ2) is 14.2. The maximum absolute atomic E-state index is 14.1. The van der Waals surface area contributed by atoms with Gasteiger partial charge < -0.3 is 25.0 Å². The van der Waals surface area contributed by atoms with Gasteiger partial charge >= 0.3 is 6.09 Å². The standard InChI is InChI=1S/C32H47N3O5/c1-20(2)14-15-22(4)35(30(37)24(6)33-31(38)40-32(7,8)9)28(27-13-11-12-21(3)23(27)5)29(36)34-25-16-18-26(39-10)19-17-25/h11-13,16-20,22,24,28H,14-15H2,1-10H3,(H,33,38)(H,34,36). The Kier molecular flexibility index (Phi) is 11.6. The van der Waals surface area contributed by atoms with Crippen molar-refractivity contribution >= 4 is 23.6 Å². The quantitative estimate of drug-likeness (QED) is 0.329. The normalized spacial score (nSPS) is 13.7. The number of nitrogens with zero attached hydrogens (tertiary/aromatic N) is 1. The van der Waals surface area contributed by atoms with Gasteiger partial charge in [0.25, 0.3) is 5.91 Å². The molecule has 8 nitrogen and oxygen atoms in total. The van der Waals surface area contributed by atoms with Crippen LogP contribution in [0.5, 0.6) is 5.75 Å². The number of carbonyl (C=O) groups is 3. The molecule has 2 aromatic rings. The van der Waals surface area contributed by atoms with Crippen LogP contribution in [0.25, 0.3) is 0 Å². The number of nitrogens with one attached hydrogen (secondary N) is 2. The van der Waals surface area contributed by atoms with Crippen LogP contribution in [0.4, 0.5) is 10.5 Å². The van der Waals surface area contributed by atoms with Crippen LogP contribution in [-0.2, 0) is 14.3 Å². The first kappa shape index (κ1) is 32.7. The molecule has 0 fully saturated rings. The van der Waals surface area contributed by atoms with Gasteiger partial charge in [-0.25, -0.2) is 4.79 Å². The minimum atomic E-state index is -0.931. The number of amides is 3. The summed E-state index contributed by atoms with van der Waals surface area (Å²) in [6.45, 7) is 17.1. The summed E-state index contributed by atoms with van der Waals surface area (Å²) in [5.74, 6) is 0.389. The molecular weight excluding hydrogens is 506 g/mol.